The summed E-state index contributed by atoms with van der Waals surface area (Å²) in [6.07, 6.45) is 1.85. The smallest absolute Gasteiger partial charge is 0.0702 e. The molecule has 112 valence electrons. The number of hydrogen-bond donors (Lipinski definition) is 1. The second-order valence-corrected chi connectivity index (χ2v) is 5.93. The van der Waals surface area contributed by atoms with Crippen molar-refractivity contribution in [1.82, 2.24) is 14.8 Å². The molecule has 0 aliphatic carbocycles. The Balaban J connectivity index is 1.61. The van der Waals surface area contributed by atoms with Crippen molar-refractivity contribution in [3.05, 3.63) is 42.1 Å². The Bertz CT molecular complexity index is 590. The number of pyridine rings is 1. The molecular weight excluding hydrogens is 260 g/mol. The number of nitrogens with zero attached hydrogens (tertiary/aromatic N) is 3. The Labute approximate surface area is 126 Å². The van der Waals surface area contributed by atoms with Gasteiger partial charge >= 0.3 is 0 Å². The van der Waals surface area contributed by atoms with Crippen LogP contribution in [0.3, 0.4) is 0 Å². The van der Waals surface area contributed by atoms with E-state index in [0.717, 1.165) is 44.8 Å². The van der Waals surface area contributed by atoms with E-state index < -0.39 is 0 Å². The molecule has 2 heterocycles. The minimum atomic E-state index is 0.499. The minimum Gasteiger partial charge on any atom is -0.329 e. The van der Waals surface area contributed by atoms with Gasteiger partial charge < -0.3 is 5.73 Å². The molecule has 4 heteroatoms. The normalized spacial score (nSPS) is 19.0. The third kappa shape index (κ3) is 3.40. The molecule has 2 aromatic rings. The minimum absolute atomic E-state index is 0.499. The maximum absolute atomic E-state index is 5.75. The van der Waals surface area contributed by atoms with Gasteiger partial charge in [0.1, 0.15) is 0 Å². The lowest BCUT2D eigenvalue weighted by Gasteiger charge is -2.37. The molecule has 2 N–H and O–H groups in total. The fourth-order valence-corrected chi connectivity index (χ4v) is 2.99. The van der Waals surface area contributed by atoms with Gasteiger partial charge in [-0.2, -0.15) is 0 Å². The summed E-state index contributed by atoms with van der Waals surface area (Å²) in [6.45, 7) is 8.46. The number of rotatable bonds is 4. The zero-order chi connectivity index (χ0) is 14.7. The van der Waals surface area contributed by atoms with E-state index in [-0.39, 0.29) is 0 Å². The zero-order valence-electron chi connectivity index (χ0n) is 12.7. The highest BCUT2D eigenvalue weighted by Crippen LogP contribution is 2.16. The van der Waals surface area contributed by atoms with Crippen molar-refractivity contribution in [3.63, 3.8) is 0 Å². The Hall–Kier alpha value is -1.49. The zero-order valence-corrected chi connectivity index (χ0v) is 12.7. The standard InChI is InChI=1S/C17H24N4/c1-14(12-18)21-9-7-20(8-10-21)13-15-4-5-17-16(11-15)3-2-6-19-17/h2-6,11,14H,7-10,12-13,18H2,1H3. The first-order valence-electron chi connectivity index (χ1n) is 7.76. The monoisotopic (exact) mass is 284 g/mol. The molecule has 0 spiro atoms. The van der Waals surface area contributed by atoms with Crippen molar-refractivity contribution >= 4 is 10.9 Å². The number of piperazine rings is 1. The molecule has 1 aromatic carbocycles. The van der Waals surface area contributed by atoms with Gasteiger partial charge in [-0.05, 0) is 30.7 Å². The van der Waals surface area contributed by atoms with Gasteiger partial charge in [0.05, 0.1) is 5.52 Å². The van der Waals surface area contributed by atoms with Crippen molar-refractivity contribution in [2.75, 3.05) is 32.7 Å². The van der Waals surface area contributed by atoms with Gasteiger partial charge in [0.25, 0.3) is 0 Å². The molecule has 1 fully saturated rings. The first kappa shape index (κ1) is 14.4. The van der Waals surface area contributed by atoms with Crippen LogP contribution in [0.25, 0.3) is 10.9 Å². The second kappa shape index (κ2) is 6.52. The number of aromatic nitrogens is 1. The molecule has 1 unspecified atom stereocenters. The van der Waals surface area contributed by atoms with E-state index in [1.165, 1.54) is 10.9 Å². The molecule has 0 bridgehead atoms. The van der Waals surface area contributed by atoms with Gasteiger partial charge in [0, 0.05) is 56.9 Å². The first-order chi connectivity index (χ1) is 10.3. The molecule has 21 heavy (non-hydrogen) atoms. The van der Waals surface area contributed by atoms with Crippen LogP contribution in [0, 0.1) is 0 Å². The summed E-state index contributed by atoms with van der Waals surface area (Å²) < 4.78 is 0. The SMILES string of the molecule is CC(CN)N1CCN(Cc2ccc3ncccc3c2)CC1. The molecule has 1 aliphatic rings. The average Bonchev–Trinajstić information content (AvgIpc) is 2.55. The molecule has 1 aromatic heterocycles. The third-order valence-corrected chi connectivity index (χ3v) is 4.44. The lowest BCUT2D eigenvalue weighted by atomic mass is 10.1. The summed E-state index contributed by atoms with van der Waals surface area (Å²) in [5.41, 5.74) is 8.20. The Kier molecular flexibility index (Phi) is 4.48. The Morgan fingerprint density at radius 1 is 1.19 bits per heavy atom. The van der Waals surface area contributed by atoms with E-state index in [0.29, 0.717) is 6.04 Å². The van der Waals surface area contributed by atoms with E-state index >= 15 is 0 Å². The average molecular weight is 284 g/mol. The molecule has 1 aliphatic heterocycles. The van der Waals surface area contributed by atoms with Crippen molar-refractivity contribution in [3.8, 4) is 0 Å². The number of benzene rings is 1. The summed E-state index contributed by atoms with van der Waals surface area (Å²) in [5.74, 6) is 0. The van der Waals surface area contributed by atoms with Gasteiger partial charge in [-0.1, -0.05) is 12.1 Å². The maximum Gasteiger partial charge on any atom is 0.0702 e. The lowest BCUT2D eigenvalue weighted by molar-refractivity contribution is 0.101. The number of fused-ring (bicyclic) bond motifs is 1. The summed E-state index contributed by atoms with van der Waals surface area (Å²) in [6, 6.07) is 11.2. The van der Waals surface area contributed by atoms with Crippen LogP contribution in [0.5, 0.6) is 0 Å². The van der Waals surface area contributed by atoms with Gasteiger partial charge in [-0.3, -0.25) is 14.8 Å². The van der Waals surface area contributed by atoms with E-state index in [4.69, 9.17) is 5.73 Å². The van der Waals surface area contributed by atoms with Crippen LogP contribution in [-0.2, 0) is 6.54 Å². The predicted molar refractivity (Wildman–Crippen MR) is 87.1 cm³/mol. The van der Waals surface area contributed by atoms with Crippen LogP contribution >= 0.6 is 0 Å². The van der Waals surface area contributed by atoms with E-state index in [2.05, 4.69) is 46.0 Å². The highest BCUT2D eigenvalue weighted by Gasteiger charge is 2.20. The van der Waals surface area contributed by atoms with Crippen molar-refractivity contribution < 1.29 is 0 Å². The van der Waals surface area contributed by atoms with Crippen LogP contribution in [0.1, 0.15) is 12.5 Å². The van der Waals surface area contributed by atoms with Gasteiger partial charge in [0.15, 0.2) is 0 Å². The van der Waals surface area contributed by atoms with E-state index in [1.807, 2.05) is 12.3 Å². The molecule has 4 nitrogen and oxygen atoms in total. The van der Waals surface area contributed by atoms with Crippen LogP contribution in [-0.4, -0.2) is 53.5 Å². The molecule has 0 radical (unpaired) electrons. The summed E-state index contributed by atoms with van der Waals surface area (Å²) in [7, 11) is 0. The van der Waals surface area contributed by atoms with Crippen molar-refractivity contribution in [2.24, 2.45) is 5.73 Å². The lowest BCUT2D eigenvalue weighted by Crippen LogP contribution is -2.51. The molecule has 0 amide bonds. The summed E-state index contributed by atoms with van der Waals surface area (Å²) in [4.78, 5) is 9.39. The largest absolute Gasteiger partial charge is 0.329 e. The van der Waals surface area contributed by atoms with Crippen LogP contribution in [0.2, 0.25) is 0 Å². The van der Waals surface area contributed by atoms with E-state index in [1.54, 1.807) is 0 Å². The summed E-state index contributed by atoms with van der Waals surface area (Å²) in [5, 5.41) is 1.23. The molecule has 1 saturated heterocycles. The van der Waals surface area contributed by atoms with Gasteiger partial charge in [-0.25, -0.2) is 0 Å². The molecule has 0 saturated carbocycles. The van der Waals surface area contributed by atoms with Crippen LogP contribution in [0.4, 0.5) is 0 Å². The predicted octanol–water partition coefficient (Wildman–Crippen LogP) is 1.70. The third-order valence-electron chi connectivity index (χ3n) is 4.44. The Morgan fingerprint density at radius 3 is 2.76 bits per heavy atom. The van der Waals surface area contributed by atoms with Gasteiger partial charge in [0.2, 0.25) is 0 Å². The van der Waals surface area contributed by atoms with Gasteiger partial charge in [-0.15, -0.1) is 0 Å². The highest BCUT2D eigenvalue weighted by molar-refractivity contribution is 5.78. The van der Waals surface area contributed by atoms with Crippen LogP contribution < -0.4 is 5.73 Å². The van der Waals surface area contributed by atoms with E-state index in [9.17, 15) is 0 Å². The number of nitrogens with two attached hydrogens (primary N) is 1. The molecular formula is C17H24N4. The fourth-order valence-electron chi connectivity index (χ4n) is 2.99. The quantitative estimate of drug-likeness (QED) is 0.928. The molecule has 3 rings (SSSR count). The summed E-state index contributed by atoms with van der Waals surface area (Å²) >= 11 is 0. The fraction of sp³-hybridized carbons (Fsp3) is 0.471. The van der Waals surface area contributed by atoms with Crippen molar-refractivity contribution in [1.29, 1.82) is 0 Å². The van der Waals surface area contributed by atoms with Crippen LogP contribution in [0.15, 0.2) is 36.5 Å². The topological polar surface area (TPSA) is 45.4 Å². The highest BCUT2D eigenvalue weighted by atomic mass is 15.3. The van der Waals surface area contributed by atoms with Crippen molar-refractivity contribution in [2.45, 2.75) is 19.5 Å². The number of hydrogen-bond acceptors (Lipinski definition) is 4. The maximum atomic E-state index is 5.75. The second-order valence-electron chi connectivity index (χ2n) is 5.93. The Morgan fingerprint density at radius 2 is 2.00 bits per heavy atom. The molecule has 1 atom stereocenters. The first-order valence-corrected chi connectivity index (χ1v) is 7.76.